The van der Waals surface area contributed by atoms with Gasteiger partial charge in [-0.1, -0.05) is 0 Å². The maximum Gasteiger partial charge on any atom is 0.214 e. The predicted molar refractivity (Wildman–Crippen MR) is 115 cm³/mol. The van der Waals surface area contributed by atoms with Gasteiger partial charge in [0.25, 0.3) is 0 Å². The summed E-state index contributed by atoms with van der Waals surface area (Å²) in [5.74, 6) is 2.62. The van der Waals surface area contributed by atoms with E-state index in [2.05, 4.69) is 20.6 Å². The van der Waals surface area contributed by atoms with Crippen molar-refractivity contribution in [2.45, 2.75) is 25.3 Å². The van der Waals surface area contributed by atoms with Gasteiger partial charge in [0.15, 0.2) is 15.8 Å². The summed E-state index contributed by atoms with van der Waals surface area (Å²) in [6.45, 7) is 5.13. The number of sulfone groups is 1. The van der Waals surface area contributed by atoms with Gasteiger partial charge in [-0.25, -0.2) is 13.4 Å². The summed E-state index contributed by atoms with van der Waals surface area (Å²) in [6.07, 6.45) is 1.17. The van der Waals surface area contributed by atoms with Crippen LogP contribution in [0.15, 0.2) is 38.6 Å². The molecule has 0 saturated heterocycles. The average molecular weight is 508 g/mol. The van der Waals surface area contributed by atoms with Crippen LogP contribution in [0, 0.1) is 13.8 Å². The van der Waals surface area contributed by atoms with Crippen molar-refractivity contribution < 1.29 is 17.6 Å². The zero-order chi connectivity index (χ0) is 19.2. The van der Waals surface area contributed by atoms with Crippen molar-refractivity contribution in [3.8, 4) is 5.75 Å². The summed E-state index contributed by atoms with van der Waals surface area (Å²) < 4.78 is 33.9. The number of aryl methyl sites for hydroxylation is 2. The van der Waals surface area contributed by atoms with Gasteiger partial charge in [0.2, 0.25) is 5.89 Å². The number of hydrogen-bond acceptors (Lipinski definition) is 6. The van der Waals surface area contributed by atoms with Gasteiger partial charge >= 0.3 is 0 Å². The Morgan fingerprint density at radius 1 is 1.22 bits per heavy atom. The highest BCUT2D eigenvalue weighted by Gasteiger charge is 2.07. The van der Waals surface area contributed by atoms with E-state index in [1.165, 1.54) is 18.4 Å². The second kappa shape index (κ2) is 10.5. The number of nitrogens with one attached hydrogen (secondary N) is 2. The molecule has 0 atom stereocenters. The first-order valence-corrected chi connectivity index (χ1v) is 9.99. The molecule has 8 nitrogen and oxygen atoms in total. The Balaban J connectivity index is 0.00000364. The number of benzene rings is 1. The fourth-order valence-electron chi connectivity index (χ4n) is 2.12. The number of ether oxygens (including phenoxy) is 1. The standard InChI is InChI=1S/C17H24N4O4S.HI/c1-12-13(2)25-16(21-12)11-20-17(18-3)19-9-10-24-14-5-7-15(8-6-14)26(4,22)23;/h5-8H,9-11H2,1-4H3,(H2,18,19,20);1H. The monoisotopic (exact) mass is 508 g/mol. The molecule has 0 fully saturated rings. The Kier molecular flexibility index (Phi) is 9.03. The number of hydrogen-bond donors (Lipinski definition) is 2. The number of nitrogens with zero attached hydrogens (tertiary/aromatic N) is 2. The molecule has 27 heavy (non-hydrogen) atoms. The number of aromatic nitrogens is 1. The third-order valence-electron chi connectivity index (χ3n) is 3.62. The molecule has 0 aliphatic carbocycles. The van der Waals surface area contributed by atoms with Gasteiger partial charge < -0.3 is 19.8 Å². The summed E-state index contributed by atoms with van der Waals surface area (Å²) >= 11 is 0. The molecule has 0 unspecified atom stereocenters. The minimum absolute atomic E-state index is 0. The van der Waals surface area contributed by atoms with Crippen molar-refractivity contribution in [2.24, 2.45) is 4.99 Å². The second-order valence-electron chi connectivity index (χ2n) is 5.69. The molecule has 1 aromatic carbocycles. The van der Waals surface area contributed by atoms with Crippen molar-refractivity contribution in [2.75, 3.05) is 26.5 Å². The molecule has 0 bridgehead atoms. The van der Waals surface area contributed by atoms with Crippen LogP contribution in [0.25, 0.3) is 0 Å². The molecule has 1 heterocycles. The molecule has 0 aliphatic rings. The molecular formula is C17H25IN4O4S. The van der Waals surface area contributed by atoms with Gasteiger partial charge in [0.1, 0.15) is 18.1 Å². The summed E-state index contributed by atoms with van der Waals surface area (Å²) in [5, 5.41) is 6.22. The first-order chi connectivity index (χ1) is 12.3. The number of halogens is 1. The maximum absolute atomic E-state index is 11.4. The minimum atomic E-state index is -3.19. The highest BCUT2D eigenvalue weighted by Crippen LogP contribution is 2.15. The number of aliphatic imine (C=N–C) groups is 1. The van der Waals surface area contributed by atoms with Crippen molar-refractivity contribution in [1.82, 2.24) is 15.6 Å². The molecule has 1 aromatic heterocycles. The number of guanidine groups is 1. The molecule has 2 rings (SSSR count). The van der Waals surface area contributed by atoms with Crippen LogP contribution in [-0.2, 0) is 16.4 Å². The van der Waals surface area contributed by atoms with Gasteiger partial charge in [-0.2, -0.15) is 0 Å². The van der Waals surface area contributed by atoms with Gasteiger partial charge in [0, 0.05) is 13.3 Å². The summed E-state index contributed by atoms with van der Waals surface area (Å²) in [7, 11) is -1.52. The highest BCUT2D eigenvalue weighted by atomic mass is 127. The third-order valence-corrected chi connectivity index (χ3v) is 4.75. The lowest BCUT2D eigenvalue weighted by atomic mass is 10.3. The van der Waals surface area contributed by atoms with E-state index in [-0.39, 0.29) is 28.9 Å². The average Bonchev–Trinajstić information content (AvgIpc) is 2.92. The van der Waals surface area contributed by atoms with Gasteiger partial charge in [-0.15, -0.1) is 24.0 Å². The summed E-state index contributed by atoms with van der Waals surface area (Å²) in [5.41, 5.74) is 0.875. The van der Waals surface area contributed by atoms with E-state index in [0.29, 0.717) is 37.3 Å². The topological polar surface area (TPSA) is 106 Å². The van der Waals surface area contributed by atoms with E-state index in [9.17, 15) is 8.42 Å². The van der Waals surface area contributed by atoms with Crippen LogP contribution in [0.5, 0.6) is 5.75 Å². The van der Waals surface area contributed by atoms with Crippen LogP contribution in [-0.4, -0.2) is 45.8 Å². The van der Waals surface area contributed by atoms with Crippen molar-refractivity contribution in [3.05, 3.63) is 41.6 Å². The smallest absolute Gasteiger partial charge is 0.214 e. The van der Waals surface area contributed by atoms with Crippen LogP contribution in [0.1, 0.15) is 17.3 Å². The molecule has 0 aliphatic heterocycles. The van der Waals surface area contributed by atoms with E-state index < -0.39 is 9.84 Å². The maximum atomic E-state index is 11.4. The fourth-order valence-corrected chi connectivity index (χ4v) is 2.75. The Morgan fingerprint density at radius 3 is 2.41 bits per heavy atom. The van der Waals surface area contributed by atoms with E-state index >= 15 is 0 Å². The summed E-state index contributed by atoms with van der Waals surface area (Å²) in [6, 6.07) is 6.32. The van der Waals surface area contributed by atoms with Gasteiger partial charge in [-0.05, 0) is 38.1 Å². The molecule has 0 radical (unpaired) electrons. The number of rotatable bonds is 7. The second-order valence-corrected chi connectivity index (χ2v) is 7.71. The van der Waals surface area contributed by atoms with Crippen molar-refractivity contribution in [3.63, 3.8) is 0 Å². The first kappa shape index (κ1) is 23.2. The zero-order valence-corrected chi connectivity index (χ0v) is 18.9. The molecule has 10 heteroatoms. The summed E-state index contributed by atoms with van der Waals surface area (Å²) in [4.78, 5) is 8.68. The molecule has 150 valence electrons. The van der Waals surface area contributed by atoms with E-state index in [4.69, 9.17) is 9.15 Å². The van der Waals surface area contributed by atoms with Gasteiger partial charge in [-0.3, -0.25) is 4.99 Å². The van der Waals surface area contributed by atoms with Crippen molar-refractivity contribution >= 4 is 39.8 Å². The van der Waals surface area contributed by atoms with E-state index in [1.54, 1.807) is 19.2 Å². The highest BCUT2D eigenvalue weighted by molar-refractivity contribution is 14.0. The Labute approximate surface area is 176 Å². The largest absolute Gasteiger partial charge is 0.492 e. The van der Waals surface area contributed by atoms with E-state index in [1.807, 2.05) is 13.8 Å². The SMILES string of the molecule is CN=C(NCCOc1ccc(S(C)(=O)=O)cc1)NCc1nc(C)c(C)o1.I. The van der Waals surface area contributed by atoms with Crippen LogP contribution < -0.4 is 15.4 Å². The lowest BCUT2D eigenvalue weighted by Crippen LogP contribution is -2.38. The Bertz CT molecular complexity index is 844. The lowest BCUT2D eigenvalue weighted by molar-refractivity contribution is 0.321. The molecule has 2 N–H and O–H groups in total. The molecule has 0 amide bonds. The lowest BCUT2D eigenvalue weighted by Gasteiger charge is -2.11. The first-order valence-electron chi connectivity index (χ1n) is 8.10. The predicted octanol–water partition coefficient (Wildman–Crippen LogP) is 2.06. The number of oxazole rings is 1. The third kappa shape index (κ3) is 7.37. The van der Waals surface area contributed by atoms with Crippen LogP contribution in [0.4, 0.5) is 0 Å². The van der Waals surface area contributed by atoms with Crippen LogP contribution in [0.2, 0.25) is 0 Å². The Morgan fingerprint density at radius 2 is 1.89 bits per heavy atom. The molecule has 2 aromatic rings. The van der Waals surface area contributed by atoms with Crippen LogP contribution >= 0.6 is 24.0 Å². The normalized spacial score (nSPS) is 11.6. The van der Waals surface area contributed by atoms with E-state index in [0.717, 1.165) is 11.5 Å². The minimum Gasteiger partial charge on any atom is -0.492 e. The van der Waals surface area contributed by atoms with Crippen LogP contribution in [0.3, 0.4) is 0 Å². The zero-order valence-electron chi connectivity index (χ0n) is 15.8. The molecule has 0 spiro atoms. The molecular weight excluding hydrogens is 483 g/mol. The molecule has 0 saturated carbocycles. The quantitative estimate of drug-likeness (QED) is 0.255. The van der Waals surface area contributed by atoms with Crippen molar-refractivity contribution in [1.29, 1.82) is 0 Å². The fraction of sp³-hybridized carbons (Fsp3) is 0.412. The van der Waals surface area contributed by atoms with Gasteiger partial charge in [0.05, 0.1) is 23.7 Å². The Hall–Kier alpha value is -1.82.